The number of rotatable bonds is 4. The average Bonchev–Trinajstić information content (AvgIpc) is 3.04. The first-order chi connectivity index (χ1) is 12.9. The van der Waals surface area contributed by atoms with Crippen molar-refractivity contribution < 1.29 is 40.7 Å². The van der Waals surface area contributed by atoms with Crippen molar-refractivity contribution in [2.24, 2.45) is 0 Å². The van der Waals surface area contributed by atoms with E-state index < -0.39 is 47.5 Å². The van der Waals surface area contributed by atoms with E-state index in [0.717, 1.165) is 11.3 Å². The van der Waals surface area contributed by atoms with Crippen molar-refractivity contribution >= 4 is 28.2 Å². The Morgan fingerprint density at radius 1 is 1.07 bits per heavy atom. The molecule has 0 aliphatic rings. The maximum atomic E-state index is 12.8. The van der Waals surface area contributed by atoms with E-state index in [4.69, 9.17) is 5.26 Å². The van der Waals surface area contributed by atoms with Crippen molar-refractivity contribution in [3.05, 3.63) is 51.9 Å². The van der Waals surface area contributed by atoms with Gasteiger partial charge in [-0.1, -0.05) is 0 Å². The van der Waals surface area contributed by atoms with Gasteiger partial charge in [0.2, 0.25) is 0 Å². The van der Waals surface area contributed by atoms with Crippen LogP contribution < -0.4 is 5.32 Å². The molecule has 0 aliphatic carbocycles. The molecule has 0 radical (unpaired) electrons. The summed E-state index contributed by atoms with van der Waals surface area (Å²) in [5.41, 5.74) is -4.24. The van der Waals surface area contributed by atoms with E-state index in [1.54, 1.807) is 6.07 Å². The number of ether oxygens (including phenoxy) is 1. The number of esters is 1. The third kappa shape index (κ3) is 5.23. The zero-order chi connectivity index (χ0) is 21.1. The highest BCUT2D eigenvalue weighted by molar-refractivity contribution is 7.14. The third-order valence-electron chi connectivity index (χ3n) is 3.20. The predicted octanol–water partition coefficient (Wildman–Crippen LogP) is 4.45. The molecule has 28 heavy (non-hydrogen) atoms. The zero-order valence-corrected chi connectivity index (χ0v) is 14.3. The van der Waals surface area contributed by atoms with E-state index in [2.05, 4.69) is 10.1 Å². The topological polar surface area (TPSA) is 79.2 Å². The van der Waals surface area contributed by atoms with E-state index in [-0.39, 0.29) is 28.8 Å². The molecule has 2 aromatic rings. The number of halogens is 6. The van der Waals surface area contributed by atoms with Crippen molar-refractivity contribution in [1.29, 1.82) is 5.26 Å². The summed E-state index contributed by atoms with van der Waals surface area (Å²) < 4.78 is 81.2. The van der Waals surface area contributed by atoms with Gasteiger partial charge in [0.05, 0.1) is 22.3 Å². The van der Waals surface area contributed by atoms with Gasteiger partial charge in [-0.3, -0.25) is 4.79 Å². The summed E-state index contributed by atoms with van der Waals surface area (Å²) in [4.78, 5) is 23.6. The van der Waals surface area contributed by atoms with Crippen LogP contribution in [0.1, 0.15) is 27.0 Å². The molecule has 1 aromatic heterocycles. The van der Waals surface area contributed by atoms with Crippen LogP contribution in [0.2, 0.25) is 0 Å². The van der Waals surface area contributed by atoms with Crippen molar-refractivity contribution in [1.82, 2.24) is 0 Å². The normalized spacial score (nSPS) is 11.6. The summed E-state index contributed by atoms with van der Waals surface area (Å²) in [7, 11) is 0. The minimum absolute atomic E-state index is 0.135. The number of hydrogen-bond acceptors (Lipinski definition) is 5. The maximum Gasteiger partial charge on any atom is 0.416 e. The van der Waals surface area contributed by atoms with Crippen LogP contribution in [0.15, 0.2) is 29.6 Å². The molecule has 0 aliphatic heterocycles. The van der Waals surface area contributed by atoms with Crippen molar-refractivity contribution in [2.45, 2.75) is 12.4 Å². The molecular formula is C16H8F6N2O3S. The second kappa shape index (κ2) is 7.89. The molecule has 12 heteroatoms. The molecule has 0 fully saturated rings. The Balaban J connectivity index is 2.15. The summed E-state index contributed by atoms with van der Waals surface area (Å²) in [5, 5.41) is 12.7. The molecule has 0 bridgehead atoms. The van der Waals surface area contributed by atoms with Gasteiger partial charge in [0.25, 0.3) is 5.91 Å². The number of carbonyl (C=O) groups excluding carboxylic acids is 2. The minimum Gasteiger partial charge on any atom is -0.452 e. The fraction of sp³-hybridized carbons (Fsp3) is 0.188. The highest BCUT2D eigenvalue weighted by atomic mass is 32.1. The number of carbonyl (C=O) groups is 2. The van der Waals surface area contributed by atoms with Gasteiger partial charge in [0.1, 0.15) is 11.1 Å². The van der Waals surface area contributed by atoms with Crippen LogP contribution in [-0.4, -0.2) is 18.5 Å². The van der Waals surface area contributed by atoms with Crippen LogP contribution in [0.5, 0.6) is 0 Å². The Hall–Kier alpha value is -3.07. The second-order valence-electron chi connectivity index (χ2n) is 5.19. The average molecular weight is 422 g/mol. The third-order valence-corrected chi connectivity index (χ3v) is 4.03. The largest absolute Gasteiger partial charge is 0.452 e. The first-order valence-electron chi connectivity index (χ1n) is 7.16. The second-order valence-corrected chi connectivity index (χ2v) is 6.11. The lowest BCUT2D eigenvalue weighted by Crippen LogP contribution is -2.21. The minimum atomic E-state index is -5.12. The van der Waals surface area contributed by atoms with Crippen LogP contribution in [-0.2, 0) is 21.9 Å². The van der Waals surface area contributed by atoms with Gasteiger partial charge in [-0.25, -0.2) is 4.79 Å². The van der Waals surface area contributed by atoms with Gasteiger partial charge in [0.15, 0.2) is 6.61 Å². The standard InChI is InChI=1S/C16H8F6N2O3S/c17-15(18,19)10-3-9(4-11(5-10)16(20,21)22)14(26)27-7-12(25)24-13-8(6-23)1-2-28-13/h1-5H,7H2,(H,24,25). The monoisotopic (exact) mass is 422 g/mol. The number of hydrogen-bond donors (Lipinski definition) is 1. The molecule has 1 aromatic carbocycles. The maximum absolute atomic E-state index is 12.8. The van der Waals surface area contributed by atoms with E-state index in [9.17, 15) is 35.9 Å². The molecule has 0 spiro atoms. The summed E-state index contributed by atoms with van der Waals surface area (Å²) in [6.07, 6.45) is -10.2. The van der Waals surface area contributed by atoms with Gasteiger partial charge < -0.3 is 10.1 Å². The van der Waals surface area contributed by atoms with Crippen LogP contribution in [0.3, 0.4) is 0 Å². The predicted molar refractivity (Wildman–Crippen MR) is 84.4 cm³/mol. The lowest BCUT2D eigenvalue weighted by atomic mass is 10.0. The Morgan fingerprint density at radius 2 is 1.64 bits per heavy atom. The fourth-order valence-corrected chi connectivity index (χ4v) is 2.70. The summed E-state index contributed by atoms with van der Waals surface area (Å²) in [6.45, 7) is -0.973. The Bertz CT molecular complexity index is 911. The van der Waals surface area contributed by atoms with Crippen LogP contribution in [0.4, 0.5) is 31.3 Å². The van der Waals surface area contributed by atoms with Crippen molar-refractivity contribution in [3.63, 3.8) is 0 Å². The lowest BCUT2D eigenvalue weighted by molar-refractivity contribution is -0.143. The SMILES string of the molecule is N#Cc1ccsc1NC(=O)COC(=O)c1cc(C(F)(F)F)cc(C(F)(F)F)c1. The first-order valence-corrected chi connectivity index (χ1v) is 8.04. The highest BCUT2D eigenvalue weighted by Gasteiger charge is 2.37. The Kier molecular flexibility index (Phi) is 5.98. The molecule has 0 saturated heterocycles. The number of nitriles is 1. The van der Waals surface area contributed by atoms with E-state index in [1.165, 1.54) is 11.4 Å². The van der Waals surface area contributed by atoms with Gasteiger partial charge in [-0.2, -0.15) is 31.6 Å². The van der Waals surface area contributed by atoms with E-state index in [0.29, 0.717) is 0 Å². The number of thiophene rings is 1. The lowest BCUT2D eigenvalue weighted by Gasteiger charge is -2.13. The van der Waals surface area contributed by atoms with Crippen LogP contribution >= 0.6 is 11.3 Å². The molecule has 148 valence electrons. The van der Waals surface area contributed by atoms with Gasteiger partial charge >= 0.3 is 18.3 Å². The number of anilines is 1. The van der Waals surface area contributed by atoms with E-state index >= 15 is 0 Å². The molecule has 1 amide bonds. The van der Waals surface area contributed by atoms with Crippen LogP contribution in [0, 0.1) is 11.3 Å². The van der Waals surface area contributed by atoms with Crippen LogP contribution in [0.25, 0.3) is 0 Å². The van der Waals surface area contributed by atoms with Crippen molar-refractivity contribution in [3.8, 4) is 6.07 Å². The van der Waals surface area contributed by atoms with Crippen molar-refractivity contribution in [2.75, 3.05) is 11.9 Å². The fourth-order valence-electron chi connectivity index (χ4n) is 1.94. The number of nitrogens with one attached hydrogen (secondary N) is 1. The molecule has 1 heterocycles. The van der Waals surface area contributed by atoms with Gasteiger partial charge in [-0.15, -0.1) is 11.3 Å². The zero-order valence-electron chi connectivity index (χ0n) is 13.4. The summed E-state index contributed by atoms with van der Waals surface area (Å²) in [5.74, 6) is -2.46. The Labute approximate surface area is 157 Å². The molecule has 1 N–H and O–H groups in total. The van der Waals surface area contributed by atoms with Gasteiger partial charge in [0, 0.05) is 0 Å². The molecular weight excluding hydrogens is 414 g/mol. The quantitative estimate of drug-likeness (QED) is 0.583. The molecule has 0 atom stereocenters. The van der Waals surface area contributed by atoms with E-state index in [1.807, 2.05) is 0 Å². The number of nitrogens with zero attached hydrogens (tertiary/aromatic N) is 1. The molecule has 5 nitrogen and oxygen atoms in total. The molecule has 2 rings (SSSR count). The molecule has 0 unspecified atom stereocenters. The first kappa shape index (κ1) is 21.2. The summed E-state index contributed by atoms with van der Waals surface area (Å²) >= 11 is 0.998. The smallest absolute Gasteiger partial charge is 0.416 e. The summed E-state index contributed by atoms with van der Waals surface area (Å²) in [6, 6.07) is 3.46. The number of benzene rings is 1. The number of amides is 1. The number of alkyl halides is 6. The molecule has 0 saturated carbocycles. The highest BCUT2D eigenvalue weighted by Crippen LogP contribution is 2.36. The Morgan fingerprint density at radius 3 is 2.14 bits per heavy atom. The van der Waals surface area contributed by atoms with Gasteiger partial charge in [-0.05, 0) is 29.6 Å².